The molecule has 5 nitrogen and oxygen atoms in total. The molecule has 0 atom stereocenters. The van der Waals surface area contributed by atoms with Gasteiger partial charge in [0.15, 0.2) is 0 Å². The van der Waals surface area contributed by atoms with Gasteiger partial charge in [0, 0.05) is 29.6 Å². The van der Waals surface area contributed by atoms with E-state index in [-0.39, 0.29) is 18.0 Å². The van der Waals surface area contributed by atoms with Gasteiger partial charge in [-0.2, -0.15) is 0 Å². The van der Waals surface area contributed by atoms with Crippen molar-refractivity contribution in [3.05, 3.63) is 47.7 Å². The van der Waals surface area contributed by atoms with Gasteiger partial charge in [-0.1, -0.05) is 30.4 Å². The number of para-hydroxylation sites is 1. The van der Waals surface area contributed by atoms with E-state index in [0.29, 0.717) is 18.7 Å². The quantitative estimate of drug-likeness (QED) is 0.849. The van der Waals surface area contributed by atoms with Crippen LogP contribution in [0.5, 0.6) is 0 Å². The monoisotopic (exact) mass is 284 g/mol. The van der Waals surface area contributed by atoms with Gasteiger partial charge in [-0.25, -0.2) is 4.79 Å². The zero-order valence-corrected chi connectivity index (χ0v) is 11.5. The van der Waals surface area contributed by atoms with E-state index >= 15 is 0 Å². The van der Waals surface area contributed by atoms with Crippen LogP contribution in [0.3, 0.4) is 0 Å². The van der Waals surface area contributed by atoms with Crippen molar-refractivity contribution in [3.63, 3.8) is 0 Å². The molecule has 0 aliphatic carbocycles. The van der Waals surface area contributed by atoms with Crippen LogP contribution in [-0.2, 0) is 11.2 Å². The first-order valence-electron chi connectivity index (χ1n) is 6.92. The smallest absolute Gasteiger partial charge is 0.352 e. The molecule has 0 saturated carbocycles. The summed E-state index contributed by atoms with van der Waals surface area (Å²) in [6.07, 6.45) is 4.98. The average molecular weight is 284 g/mol. The molecule has 0 bridgehead atoms. The highest BCUT2D eigenvalue weighted by Crippen LogP contribution is 2.23. The second-order valence-corrected chi connectivity index (χ2v) is 5.11. The summed E-state index contributed by atoms with van der Waals surface area (Å²) < 4.78 is 0. The van der Waals surface area contributed by atoms with Crippen LogP contribution in [0.25, 0.3) is 10.9 Å². The van der Waals surface area contributed by atoms with Crippen LogP contribution in [0.2, 0.25) is 0 Å². The fraction of sp³-hybridized carbons (Fsp3) is 0.250. The molecule has 5 heteroatoms. The van der Waals surface area contributed by atoms with Crippen LogP contribution >= 0.6 is 0 Å². The number of nitrogens with one attached hydrogen (secondary N) is 1. The molecule has 0 radical (unpaired) electrons. The van der Waals surface area contributed by atoms with Crippen LogP contribution in [0.15, 0.2) is 36.4 Å². The zero-order chi connectivity index (χ0) is 14.8. The number of aromatic nitrogens is 1. The molecule has 1 aliphatic heterocycles. The van der Waals surface area contributed by atoms with E-state index in [9.17, 15) is 14.7 Å². The summed E-state index contributed by atoms with van der Waals surface area (Å²) >= 11 is 0. The first-order chi connectivity index (χ1) is 10.2. The van der Waals surface area contributed by atoms with E-state index in [1.807, 2.05) is 30.3 Å². The Kier molecular flexibility index (Phi) is 3.48. The summed E-state index contributed by atoms with van der Waals surface area (Å²) in [5.74, 6) is -1.07. The fourth-order valence-electron chi connectivity index (χ4n) is 2.70. The third-order valence-corrected chi connectivity index (χ3v) is 3.77. The maximum atomic E-state index is 12.4. The summed E-state index contributed by atoms with van der Waals surface area (Å²) in [7, 11) is 0. The van der Waals surface area contributed by atoms with Crippen molar-refractivity contribution in [2.24, 2.45) is 0 Å². The number of hydrogen-bond donors (Lipinski definition) is 2. The highest BCUT2D eigenvalue weighted by molar-refractivity contribution is 6.00. The molecule has 2 aromatic rings. The van der Waals surface area contributed by atoms with Gasteiger partial charge in [-0.3, -0.25) is 4.79 Å². The Hall–Kier alpha value is -2.56. The van der Waals surface area contributed by atoms with Crippen LogP contribution in [-0.4, -0.2) is 40.0 Å². The Morgan fingerprint density at radius 3 is 2.76 bits per heavy atom. The minimum atomic E-state index is -1.03. The zero-order valence-electron chi connectivity index (χ0n) is 11.5. The Bertz CT molecular complexity index is 730. The number of hydrogen-bond acceptors (Lipinski definition) is 2. The first-order valence-corrected chi connectivity index (χ1v) is 6.92. The Morgan fingerprint density at radius 2 is 2.05 bits per heavy atom. The molecular formula is C16H16N2O3. The SMILES string of the molecule is O=C(O)c1[nH]c2ccccc2c1CC(=O)N1CC=CCC1. The Labute approximate surface area is 121 Å². The Morgan fingerprint density at radius 1 is 1.24 bits per heavy atom. The lowest BCUT2D eigenvalue weighted by atomic mass is 10.1. The number of aromatic carboxylic acids is 1. The molecule has 0 fully saturated rings. The third-order valence-electron chi connectivity index (χ3n) is 3.77. The van der Waals surface area contributed by atoms with Gasteiger partial charge in [-0.05, 0) is 12.5 Å². The number of rotatable bonds is 3. The summed E-state index contributed by atoms with van der Waals surface area (Å²) in [4.78, 5) is 28.4. The number of H-pyrrole nitrogens is 1. The minimum absolute atomic E-state index is 0.0356. The summed E-state index contributed by atoms with van der Waals surface area (Å²) in [6.45, 7) is 1.30. The lowest BCUT2D eigenvalue weighted by Crippen LogP contribution is -2.35. The van der Waals surface area contributed by atoms with E-state index < -0.39 is 5.97 Å². The number of amides is 1. The van der Waals surface area contributed by atoms with Crippen molar-refractivity contribution in [3.8, 4) is 0 Å². The van der Waals surface area contributed by atoms with Crippen LogP contribution < -0.4 is 0 Å². The van der Waals surface area contributed by atoms with E-state index in [0.717, 1.165) is 17.3 Å². The van der Waals surface area contributed by atoms with Crippen LogP contribution in [0, 0.1) is 0 Å². The molecular weight excluding hydrogens is 268 g/mol. The molecule has 3 rings (SSSR count). The van der Waals surface area contributed by atoms with Gasteiger partial charge in [0.2, 0.25) is 5.91 Å². The molecule has 21 heavy (non-hydrogen) atoms. The third kappa shape index (κ3) is 2.54. The standard InChI is InChI=1S/C16H16N2O3/c19-14(18-8-4-1-5-9-18)10-12-11-6-2-3-7-13(11)17-15(12)16(20)21/h1-4,6-7,17H,5,8-10H2,(H,20,21). The van der Waals surface area contributed by atoms with Gasteiger partial charge in [0.05, 0.1) is 6.42 Å². The number of benzene rings is 1. The number of aromatic amines is 1. The van der Waals surface area contributed by atoms with Gasteiger partial charge >= 0.3 is 5.97 Å². The maximum Gasteiger partial charge on any atom is 0.352 e. The molecule has 1 aromatic heterocycles. The van der Waals surface area contributed by atoms with Gasteiger partial charge in [0.1, 0.15) is 5.69 Å². The molecule has 0 unspecified atom stereocenters. The summed E-state index contributed by atoms with van der Waals surface area (Å²) in [6, 6.07) is 7.35. The van der Waals surface area contributed by atoms with Crippen molar-refractivity contribution >= 4 is 22.8 Å². The van der Waals surface area contributed by atoms with Gasteiger partial charge in [0.25, 0.3) is 0 Å². The van der Waals surface area contributed by atoms with E-state index in [1.165, 1.54) is 0 Å². The molecule has 0 spiro atoms. The largest absolute Gasteiger partial charge is 0.477 e. The van der Waals surface area contributed by atoms with E-state index in [2.05, 4.69) is 11.1 Å². The molecule has 2 N–H and O–H groups in total. The lowest BCUT2D eigenvalue weighted by molar-refractivity contribution is -0.130. The van der Waals surface area contributed by atoms with Crippen molar-refractivity contribution in [1.29, 1.82) is 0 Å². The number of carboxylic acids is 1. The minimum Gasteiger partial charge on any atom is -0.477 e. The number of fused-ring (bicyclic) bond motifs is 1. The highest BCUT2D eigenvalue weighted by Gasteiger charge is 2.22. The maximum absolute atomic E-state index is 12.4. The van der Waals surface area contributed by atoms with E-state index in [1.54, 1.807) is 4.90 Å². The second-order valence-electron chi connectivity index (χ2n) is 5.11. The number of carbonyl (C=O) groups is 2. The molecule has 1 aliphatic rings. The van der Waals surface area contributed by atoms with Crippen LogP contribution in [0.1, 0.15) is 22.5 Å². The van der Waals surface area contributed by atoms with E-state index in [4.69, 9.17) is 0 Å². The second kappa shape index (κ2) is 5.44. The Balaban J connectivity index is 1.95. The molecule has 1 aromatic carbocycles. The van der Waals surface area contributed by atoms with Crippen molar-refractivity contribution in [2.45, 2.75) is 12.8 Å². The predicted molar refractivity (Wildman–Crippen MR) is 79.3 cm³/mol. The van der Waals surface area contributed by atoms with Crippen molar-refractivity contribution in [1.82, 2.24) is 9.88 Å². The number of nitrogens with zero attached hydrogens (tertiary/aromatic N) is 1. The summed E-state index contributed by atoms with van der Waals surface area (Å²) in [5.41, 5.74) is 1.42. The first kappa shape index (κ1) is 13.4. The fourth-order valence-corrected chi connectivity index (χ4v) is 2.70. The molecule has 0 saturated heterocycles. The topological polar surface area (TPSA) is 73.4 Å². The summed E-state index contributed by atoms with van der Waals surface area (Å²) in [5, 5.41) is 10.1. The van der Waals surface area contributed by atoms with Gasteiger partial charge < -0.3 is 15.0 Å². The molecule has 108 valence electrons. The number of carbonyl (C=O) groups excluding carboxylic acids is 1. The predicted octanol–water partition coefficient (Wildman–Crippen LogP) is 2.20. The highest BCUT2D eigenvalue weighted by atomic mass is 16.4. The average Bonchev–Trinajstić information content (AvgIpc) is 2.87. The normalized spacial score (nSPS) is 14.6. The van der Waals surface area contributed by atoms with Crippen LogP contribution in [0.4, 0.5) is 0 Å². The lowest BCUT2D eigenvalue weighted by Gasteiger charge is -2.23. The van der Waals surface area contributed by atoms with Crippen molar-refractivity contribution < 1.29 is 14.7 Å². The molecule has 1 amide bonds. The number of carboxylic acid groups (broad SMARTS) is 1. The van der Waals surface area contributed by atoms with Crippen molar-refractivity contribution in [2.75, 3.05) is 13.1 Å². The molecule has 2 heterocycles. The van der Waals surface area contributed by atoms with Gasteiger partial charge in [-0.15, -0.1) is 0 Å².